The standard InChI is InChI=1S/C18H21NO4S/c1-13-4-8-17(9-5-13)24(20,21)23-19-11-16(12-19)15-7-6-14(2)18(10-15)22-3/h4-10,16H,11-12H2,1-3H3. The number of nitrogens with zero attached hydrogens (tertiary/aromatic N) is 1. The van der Waals surface area contributed by atoms with Gasteiger partial charge in [0, 0.05) is 19.0 Å². The van der Waals surface area contributed by atoms with Crippen molar-refractivity contribution in [3.8, 4) is 5.75 Å². The Morgan fingerprint density at radius 3 is 2.33 bits per heavy atom. The molecule has 0 atom stereocenters. The average Bonchev–Trinajstić information content (AvgIpc) is 2.52. The summed E-state index contributed by atoms with van der Waals surface area (Å²) in [4.78, 5) is 0.175. The second-order valence-corrected chi connectivity index (χ2v) is 7.64. The van der Waals surface area contributed by atoms with Gasteiger partial charge in [-0.3, -0.25) is 0 Å². The third-order valence-electron chi connectivity index (χ3n) is 4.26. The van der Waals surface area contributed by atoms with E-state index in [1.54, 1.807) is 31.4 Å². The monoisotopic (exact) mass is 347 g/mol. The van der Waals surface area contributed by atoms with Crippen LogP contribution in [-0.2, 0) is 14.4 Å². The van der Waals surface area contributed by atoms with Crippen molar-refractivity contribution < 1.29 is 17.4 Å². The van der Waals surface area contributed by atoms with E-state index in [9.17, 15) is 8.42 Å². The van der Waals surface area contributed by atoms with Crippen LogP contribution in [0.15, 0.2) is 47.4 Å². The van der Waals surface area contributed by atoms with E-state index < -0.39 is 10.1 Å². The highest BCUT2D eigenvalue weighted by Crippen LogP contribution is 2.32. The summed E-state index contributed by atoms with van der Waals surface area (Å²) in [5.74, 6) is 1.09. The quantitative estimate of drug-likeness (QED) is 0.832. The topological polar surface area (TPSA) is 55.8 Å². The van der Waals surface area contributed by atoms with Crippen LogP contribution < -0.4 is 4.74 Å². The summed E-state index contributed by atoms with van der Waals surface area (Å²) in [5, 5.41) is 1.48. The van der Waals surface area contributed by atoms with E-state index >= 15 is 0 Å². The van der Waals surface area contributed by atoms with E-state index in [4.69, 9.17) is 9.02 Å². The molecule has 6 heteroatoms. The van der Waals surface area contributed by atoms with Gasteiger partial charge in [0.25, 0.3) is 0 Å². The Morgan fingerprint density at radius 1 is 1.04 bits per heavy atom. The Bertz CT molecular complexity index is 825. The maximum Gasteiger partial charge on any atom is 0.313 e. The Kier molecular flexibility index (Phi) is 4.62. The number of benzene rings is 2. The van der Waals surface area contributed by atoms with Crippen molar-refractivity contribution >= 4 is 10.1 Å². The average molecular weight is 347 g/mol. The Hall–Kier alpha value is -1.89. The van der Waals surface area contributed by atoms with Crippen LogP contribution in [0.25, 0.3) is 0 Å². The van der Waals surface area contributed by atoms with Gasteiger partial charge in [-0.25, -0.2) is 0 Å². The van der Waals surface area contributed by atoms with Crippen LogP contribution in [0.4, 0.5) is 0 Å². The molecule has 0 aliphatic carbocycles. The van der Waals surface area contributed by atoms with Crippen molar-refractivity contribution in [1.29, 1.82) is 0 Å². The van der Waals surface area contributed by atoms with Gasteiger partial charge in [0.15, 0.2) is 0 Å². The van der Waals surface area contributed by atoms with Crippen LogP contribution in [0.5, 0.6) is 5.75 Å². The second-order valence-electron chi connectivity index (χ2n) is 6.11. The molecule has 0 bridgehead atoms. The molecule has 128 valence electrons. The van der Waals surface area contributed by atoms with Crippen LogP contribution in [0.3, 0.4) is 0 Å². The van der Waals surface area contributed by atoms with Gasteiger partial charge in [-0.2, -0.15) is 17.8 Å². The molecular weight excluding hydrogens is 326 g/mol. The highest BCUT2D eigenvalue weighted by Gasteiger charge is 2.33. The summed E-state index contributed by atoms with van der Waals surface area (Å²) in [5.41, 5.74) is 3.21. The maximum absolute atomic E-state index is 12.3. The lowest BCUT2D eigenvalue weighted by atomic mass is 9.92. The molecule has 3 rings (SSSR count). The van der Waals surface area contributed by atoms with Crippen molar-refractivity contribution in [3.63, 3.8) is 0 Å². The van der Waals surface area contributed by atoms with Crippen LogP contribution in [0, 0.1) is 13.8 Å². The molecule has 2 aromatic carbocycles. The molecule has 1 fully saturated rings. The SMILES string of the molecule is COc1cc(C2CN(OS(=O)(=O)c3ccc(C)cc3)C2)ccc1C. The third-order valence-corrected chi connectivity index (χ3v) is 5.52. The molecule has 1 aliphatic rings. The minimum absolute atomic E-state index is 0.175. The minimum atomic E-state index is -3.76. The highest BCUT2D eigenvalue weighted by molar-refractivity contribution is 7.86. The largest absolute Gasteiger partial charge is 0.496 e. The molecule has 0 spiro atoms. The van der Waals surface area contributed by atoms with Crippen LogP contribution >= 0.6 is 0 Å². The summed E-state index contributed by atoms with van der Waals surface area (Å²) in [6, 6.07) is 12.7. The Balaban J connectivity index is 1.63. The molecule has 2 aromatic rings. The number of hydrogen-bond donors (Lipinski definition) is 0. The maximum atomic E-state index is 12.3. The van der Waals surface area contributed by atoms with Crippen molar-refractivity contribution in [2.45, 2.75) is 24.7 Å². The van der Waals surface area contributed by atoms with Gasteiger partial charge >= 0.3 is 10.1 Å². The predicted molar refractivity (Wildman–Crippen MR) is 91.5 cm³/mol. The van der Waals surface area contributed by atoms with Crippen LogP contribution in [0.2, 0.25) is 0 Å². The number of hydrogen-bond acceptors (Lipinski definition) is 5. The molecule has 0 amide bonds. The van der Waals surface area contributed by atoms with Gasteiger partial charge in [0.1, 0.15) is 5.75 Å². The van der Waals surface area contributed by atoms with Gasteiger partial charge in [-0.15, -0.1) is 0 Å². The first kappa shape index (κ1) is 17.0. The fourth-order valence-corrected chi connectivity index (χ4v) is 3.64. The van der Waals surface area contributed by atoms with Crippen molar-refractivity contribution in [2.24, 2.45) is 0 Å². The molecule has 1 aliphatic heterocycles. The zero-order valence-corrected chi connectivity index (χ0v) is 14.8. The van der Waals surface area contributed by atoms with Crippen molar-refractivity contribution in [3.05, 3.63) is 59.2 Å². The molecule has 1 heterocycles. The van der Waals surface area contributed by atoms with Gasteiger partial charge < -0.3 is 4.74 Å². The number of aryl methyl sites for hydroxylation is 2. The predicted octanol–water partition coefficient (Wildman–Crippen LogP) is 3.03. The molecular formula is C18H21NO4S. The molecule has 0 radical (unpaired) electrons. The lowest BCUT2D eigenvalue weighted by Gasteiger charge is -2.37. The number of hydroxylamine groups is 2. The summed E-state index contributed by atoms with van der Waals surface area (Å²) < 4.78 is 35.0. The number of rotatable bonds is 5. The Morgan fingerprint density at radius 2 is 1.71 bits per heavy atom. The molecule has 1 saturated heterocycles. The summed E-state index contributed by atoms with van der Waals surface area (Å²) in [6.45, 7) is 4.98. The van der Waals surface area contributed by atoms with E-state index in [-0.39, 0.29) is 10.8 Å². The zero-order valence-electron chi connectivity index (χ0n) is 14.0. The summed E-state index contributed by atoms with van der Waals surface area (Å²) in [6.07, 6.45) is 0. The number of methoxy groups -OCH3 is 1. The number of ether oxygens (including phenoxy) is 1. The van der Waals surface area contributed by atoms with Gasteiger partial charge in [0.2, 0.25) is 0 Å². The Labute approximate surface area is 142 Å². The molecule has 5 nitrogen and oxygen atoms in total. The van der Waals surface area contributed by atoms with E-state index in [0.29, 0.717) is 13.1 Å². The first-order valence-corrected chi connectivity index (χ1v) is 9.20. The first-order valence-electron chi connectivity index (χ1n) is 7.80. The fraction of sp³-hybridized carbons (Fsp3) is 0.333. The van der Waals surface area contributed by atoms with E-state index in [2.05, 4.69) is 0 Å². The summed E-state index contributed by atoms with van der Waals surface area (Å²) >= 11 is 0. The minimum Gasteiger partial charge on any atom is -0.496 e. The zero-order chi connectivity index (χ0) is 17.3. The van der Waals surface area contributed by atoms with E-state index in [1.807, 2.05) is 32.0 Å². The summed E-state index contributed by atoms with van der Waals surface area (Å²) in [7, 11) is -2.11. The van der Waals surface area contributed by atoms with Crippen molar-refractivity contribution in [1.82, 2.24) is 5.06 Å². The lowest BCUT2D eigenvalue weighted by Crippen LogP contribution is -2.45. The van der Waals surface area contributed by atoms with Gasteiger partial charge in [-0.05, 0) is 43.2 Å². The third kappa shape index (κ3) is 3.45. The van der Waals surface area contributed by atoms with Crippen molar-refractivity contribution in [2.75, 3.05) is 20.2 Å². The van der Waals surface area contributed by atoms with E-state index in [1.165, 1.54) is 5.06 Å². The normalized spacial score (nSPS) is 16.0. The first-order chi connectivity index (χ1) is 11.4. The second kappa shape index (κ2) is 6.55. The van der Waals surface area contributed by atoms with Gasteiger partial charge in [0.05, 0.1) is 12.0 Å². The van der Waals surface area contributed by atoms with E-state index in [0.717, 1.165) is 22.4 Å². The molecule has 0 unspecified atom stereocenters. The molecule has 0 aromatic heterocycles. The smallest absolute Gasteiger partial charge is 0.313 e. The van der Waals surface area contributed by atoms with Crippen LogP contribution in [-0.4, -0.2) is 33.7 Å². The molecule has 0 N–H and O–H groups in total. The molecule has 24 heavy (non-hydrogen) atoms. The lowest BCUT2D eigenvalue weighted by molar-refractivity contribution is -0.114. The fourth-order valence-electron chi connectivity index (χ4n) is 2.69. The van der Waals surface area contributed by atoms with Crippen LogP contribution in [0.1, 0.15) is 22.6 Å². The van der Waals surface area contributed by atoms with Gasteiger partial charge in [-0.1, -0.05) is 29.8 Å². The highest BCUT2D eigenvalue weighted by atomic mass is 32.2. The molecule has 0 saturated carbocycles.